The summed E-state index contributed by atoms with van der Waals surface area (Å²) in [7, 11) is -9.81. The smallest absolute Gasteiger partial charge is 0.463 e. The summed E-state index contributed by atoms with van der Waals surface area (Å²) in [6.07, 6.45) is 94.5. The lowest BCUT2D eigenvalue weighted by Crippen LogP contribution is -2.30. The molecule has 16 nitrogen and oxygen atoms in total. The maximum absolute atomic E-state index is 13.0. The van der Waals surface area contributed by atoms with Gasteiger partial charge in [-0.1, -0.05) is 295 Å². The lowest BCUT2D eigenvalue weighted by molar-refractivity contribution is -0.161. The van der Waals surface area contributed by atoms with Crippen LogP contribution in [-0.2, 0) is 55.8 Å². The summed E-state index contributed by atoms with van der Waals surface area (Å²) in [6, 6.07) is 0. The fourth-order valence-corrected chi connectivity index (χ4v) is 12.0. The standard InChI is InChI=1S/C85H144O16P2/c1-4-7-10-13-16-19-22-25-28-31-34-36-37-38-39-40-41-43-46-47-50-53-56-59-62-65-68-71-83(88)95-74-80(86)75-97-102(91,92)98-76-81(87)77-99-103(93,94)100-79-82(101-85(90)73-70-67-64-61-58-55-52-49-44-33-30-27-24-21-18-15-12-9-6-3)78-96-84(89)72-69-66-63-60-57-54-51-48-45-42-35-32-29-26-23-20-17-14-11-8-5-2/h9,12,16-21,25-30,34-36,38-39,42,44,48-49,51,80-82,86-87H,4-8,10-11,13-15,22-24,31-33,37,40-41,43,45-47,50,52-79H2,1-3H3,(H,91,92)(H,93,94)/b12-9-,19-16-,20-17-,21-18-,28-25-,29-26-,30-27-,36-34-,39-38-,42-35-,49-44-,51-48-. The Morgan fingerprint density at radius 3 is 0.816 bits per heavy atom. The van der Waals surface area contributed by atoms with Gasteiger partial charge in [0, 0.05) is 19.3 Å². The molecular weight excluding hydrogens is 1340 g/mol. The quantitative estimate of drug-likeness (QED) is 0.0146. The number of unbranched alkanes of at least 4 members (excludes halogenated alkanes) is 28. The van der Waals surface area contributed by atoms with Crippen molar-refractivity contribution >= 4 is 33.6 Å². The maximum atomic E-state index is 13.0. The second-order valence-electron chi connectivity index (χ2n) is 26.5. The van der Waals surface area contributed by atoms with Crippen molar-refractivity contribution in [3.8, 4) is 0 Å². The van der Waals surface area contributed by atoms with Crippen LogP contribution in [-0.4, -0.2) is 95.9 Å². The lowest BCUT2D eigenvalue weighted by Gasteiger charge is -2.21. The minimum Gasteiger partial charge on any atom is -0.463 e. The van der Waals surface area contributed by atoms with Gasteiger partial charge in [0.15, 0.2) is 6.10 Å². The molecule has 0 heterocycles. The summed E-state index contributed by atoms with van der Waals surface area (Å²) in [5, 5.41) is 20.7. The van der Waals surface area contributed by atoms with Gasteiger partial charge in [-0.15, -0.1) is 0 Å². The highest BCUT2D eigenvalue weighted by molar-refractivity contribution is 7.47. The third-order valence-corrected chi connectivity index (χ3v) is 18.4. The van der Waals surface area contributed by atoms with E-state index in [9.17, 15) is 43.5 Å². The van der Waals surface area contributed by atoms with Gasteiger partial charge >= 0.3 is 33.6 Å². The normalized spacial score (nSPS) is 14.7. The number of carbonyl (C=O) groups is 3. The average molecular weight is 1480 g/mol. The molecule has 5 atom stereocenters. The molecule has 0 aliphatic rings. The molecule has 0 rings (SSSR count). The molecule has 103 heavy (non-hydrogen) atoms. The van der Waals surface area contributed by atoms with E-state index in [4.69, 9.17) is 32.3 Å². The second-order valence-corrected chi connectivity index (χ2v) is 29.4. The second kappa shape index (κ2) is 77.1. The minimum absolute atomic E-state index is 0.0794. The fraction of sp³-hybridized carbons (Fsp3) is 0.682. The third-order valence-electron chi connectivity index (χ3n) is 16.5. The highest BCUT2D eigenvalue weighted by atomic mass is 31.2. The van der Waals surface area contributed by atoms with Crippen LogP contribution >= 0.6 is 15.6 Å². The van der Waals surface area contributed by atoms with Crippen LogP contribution in [0.4, 0.5) is 0 Å². The van der Waals surface area contributed by atoms with Gasteiger partial charge in [-0.25, -0.2) is 9.13 Å². The first-order valence-electron chi connectivity index (χ1n) is 40.1. The Labute approximate surface area is 626 Å². The van der Waals surface area contributed by atoms with E-state index in [1.807, 2.05) is 0 Å². The monoisotopic (exact) mass is 1480 g/mol. The van der Waals surface area contributed by atoms with Crippen molar-refractivity contribution in [2.24, 2.45) is 0 Å². The lowest BCUT2D eigenvalue weighted by atomic mass is 10.0. The number of rotatable bonds is 75. The van der Waals surface area contributed by atoms with Crippen molar-refractivity contribution in [2.75, 3.05) is 39.6 Å². The molecule has 0 aromatic carbocycles. The maximum Gasteiger partial charge on any atom is 0.472 e. The molecule has 0 bridgehead atoms. The number of esters is 3. The molecule has 0 fully saturated rings. The SMILES string of the molecule is CC/C=C\C/C=C\C/C=C\C/C=C\CCCCCCCCC(=O)OC(COC(=O)CCCCCCC/C=C\C/C=C\C/C=C\C/C=C\CCCCC)COP(=O)(O)OCC(O)COP(=O)(O)OCC(O)COC(=O)CCCCCCCCCCCCC/C=C\C/C=C\C/C=C\C/C=C\CCCCC. The van der Waals surface area contributed by atoms with E-state index in [1.165, 1.54) is 96.3 Å². The Bertz CT molecular complexity index is 2450. The van der Waals surface area contributed by atoms with E-state index >= 15 is 0 Å². The number of allylic oxidation sites excluding steroid dienone is 24. The van der Waals surface area contributed by atoms with Gasteiger partial charge in [0.25, 0.3) is 0 Å². The van der Waals surface area contributed by atoms with Gasteiger partial charge in [0.2, 0.25) is 0 Å². The van der Waals surface area contributed by atoms with Crippen LogP contribution in [0.1, 0.15) is 316 Å². The molecule has 0 aromatic rings. The molecule has 5 unspecified atom stereocenters. The number of hydrogen-bond donors (Lipinski definition) is 4. The first-order valence-corrected chi connectivity index (χ1v) is 43.1. The topological polar surface area (TPSA) is 231 Å². The van der Waals surface area contributed by atoms with Crippen LogP contribution in [0.15, 0.2) is 146 Å². The third kappa shape index (κ3) is 78.3. The zero-order valence-corrected chi connectivity index (χ0v) is 66.2. The zero-order chi connectivity index (χ0) is 75.2. The predicted octanol–water partition coefficient (Wildman–Crippen LogP) is 23.7. The van der Waals surface area contributed by atoms with Crippen molar-refractivity contribution in [1.82, 2.24) is 0 Å². The summed E-state index contributed by atoms with van der Waals surface area (Å²) < 4.78 is 61.2. The Morgan fingerprint density at radius 1 is 0.282 bits per heavy atom. The summed E-state index contributed by atoms with van der Waals surface area (Å²) in [4.78, 5) is 58.7. The molecule has 0 saturated carbocycles. The summed E-state index contributed by atoms with van der Waals surface area (Å²) in [5.74, 6) is -1.62. The minimum atomic E-state index is -4.95. The van der Waals surface area contributed by atoms with Crippen molar-refractivity contribution < 1.29 is 75.8 Å². The molecule has 0 amide bonds. The van der Waals surface area contributed by atoms with E-state index in [-0.39, 0.29) is 19.3 Å². The number of hydrogen-bond acceptors (Lipinski definition) is 14. The molecule has 0 saturated heterocycles. The number of phosphoric ester groups is 2. The molecule has 0 aliphatic carbocycles. The van der Waals surface area contributed by atoms with Gasteiger partial charge in [0.05, 0.1) is 26.4 Å². The summed E-state index contributed by atoms with van der Waals surface area (Å²) >= 11 is 0. The molecule has 0 spiro atoms. The van der Waals surface area contributed by atoms with E-state index in [2.05, 4.69) is 167 Å². The van der Waals surface area contributed by atoms with E-state index in [0.29, 0.717) is 19.3 Å². The van der Waals surface area contributed by atoms with Gasteiger partial charge in [0.1, 0.15) is 25.4 Å². The highest BCUT2D eigenvalue weighted by Crippen LogP contribution is 2.45. The largest absolute Gasteiger partial charge is 0.472 e. The van der Waals surface area contributed by atoms with Gasteiger partial charge in [-0.05, 0) is 148 Å². The first kappa shape index (κ1) is 98.4. The molecule has 590 valence electrons. The van der Waals surface area contributed by atoms with Crippen molar-refractivity contribution in [3.05, 3.63) is 146 Å². The van der Waals surface area contributed by atoms with Crippen LogP contribution in [0.3, 0.4) is 0 Å². The van der Waals surface area contributed by atoms with E-state index in [0.717, 1.165) is 161 Å². The number of carbonyl (C=O) groups excluding carboxylic acids is 3. The fourth-order valence-electron chi connectivity index (χ4n) is 10.4. The number of aliphatic hydroxyl groups excluding tert-OH is 2. The van der Waals surface area contributed by atoms with Crippen LogP contribution < -0.4 is 0 Å². The Hall–Kier alpha value is -4.57. The van der Waals surface area contributed by atoms with Crippen LogP contribution in [0.2, 0.25) is 0 Å². The number of phosphoric acid groups is 2. The van der Waals surface area contributed by atoms with Gasteiger partial charge < -0.3 is 34.2 Å². The molecular formula is C85H144O16P2. The summed E-state index contributed by atoms with van der Waals surface area (Å²) in [5.41, 5.74) is 0. The molecule has 4 N–H and O–H groups in total. The number of ether oxygens (including phenoxy) is 3. The Kier molecular flexibility index (Phi) is 73.6. The van der Waals surface area contributed by atoms with Crippen molar-refractivity contribution in [3.63, 3.8) is 0 Å². The van der Waals surface area contributed by atoms with Crippen LogP contribution in [0, 0.1) is 0 Å². The van der Waals surface area contributed by atoms with Crippen molar-refractivity contribution in [2.45, 2.75) is 334 Å². The molecule has 0 aromatic heterocycles. The van der Waals surface area contributed by atoms with Gasteiger partial charge in [-0.2, -0.15) is 0 Å². The van der Waals surface area contributed by atoms with E-state index in [1.54, 1.807) is 0 Å². The molecule has 18 heteroatoms. The van der Waals surface area contributed by atoms with Crippen LogP contribution in [0.5, 0.6) is 0 Å². The molecule has 0 aliphatic heterocycles. The first-order chi connectivity index (χ1) is 50.2. The predicted molar refractivity (Wildman–Crippen MR) is 426 cm³/mol. The number of aliphatic hydroxyl groups is 2. The zero-order valence-electron chi connectivity index (χ0n) is 64.4. The van der Waals surface area contributed by atoms with E-state index < -0.39 is 91.5 Å². The average Bonchev–Trinajstić information content (AvgIpc) is 0.939. The highest BCUT2D eigenvalue weighted by Gasteiger charge is 2.29. The van der Waals surface area contributed by atoms with Crippen LogP contribution in [0.25, 0.3) is 0 Å². The Balaban J connectivity index is 4.65. The molecule has 0 radical (unpaired) electrons. The Morgan fingerprint density at radius 2 is 0.515 bits per heavy atom. The van der Waals surface area contributed by atoms with Crippen molar-refractivity contribution in [1.29, 1.82) is 0 Å². The summed E-state index contributed by atoms with van der Waals surface area (Å²) in [6.45, 7) is 2.48. The van der Waals surface area contributed by atoms with Gasteiger partial charge in [-0.3, -0.25) is 32.5 Å².